The quantitative estimate of drug-likeness (QED) is 0.237. The predicted molar refractivity (Wildman–Crippen MR) is 130 cm³/mol. The first-order chi connectivity index (χ1) is 17.0. The summed E-state index contributed by atoms with van der Waals surface area (Å²) in [6.45, 7) is 2.19. The Balaban J connectivity index is 1.26. The lowest BCUT2D eigenvalue weighted by Gasteiger charge is -2.34. The molecule has 4 aromatic rings. The molecule has 0 radical (unpaired) electrons. The molecule has 1 aliphatic heterocycles. The number of carbonyl (C=O) groups excluding carboxylic acids is 1. The Labute approximate surface area is 204 Å². The van der Waals surface area contributed by atoms with Gasteiger partial charge in [-0.3, -0.25) is 14.9 Å². The largest absolute Gasteiger partial charge is 0.351 e. The molecule has 176 valence electrons. The highest BCUT2D eigenvalue weighted by Gasteiger charge is 2.24. The van der Waals surface area contributed by atoms with E-state index in [9.17, 15) is 14.9 Å². The van der Waals surface area contributed by atoms with Gasteiger partial charge in [0.25, 0.3) is 5.69 Å². The highest BCUT2D eigenvalue weighted by molar-refractivity contribution is 6.30. The van der Waals surface area contributed by atoms with Crippen molar-refractivity contribution in [3.05, 3.63) is 81.6 Å². The van der Waals surface area contributed by atoms with Gasteiger partial charge in [-0.2, -0.15) is 4.68 Å². The fourth-order valence-corrected chi connectivity index (χ4v) is 3.97. The smallest absolute Gasteiger partial charge is 0.269 e. The van der Waals surface area contributed by atoms with Gasteiger partial charge in [0, 0.05) is 49.4 Å². The van der Waals surface area contributed by atoms with Crippen LogP contribution in [0.5, 0.6) is 0 Å². The van der Waals surface area contributed by atoms with E-state index in [0.717, 1.165) is 11.3 Å². The number of non-ortho nitro benzene ring substituents is 1. The number of nitrogens with zero attached hydrogens (tertiary/aromatic N) is 8. The zero-order chi connectivity index (χ0) is 24.4. The molecule has 0 saturated carbocycles. The Morgan fingerprint density at radius 2 is 1.71 bits per heavy atom. The molecule has 0 atom stereocenters. The summed E-state index contributed by atoms with van der Waals surface area (Å²) in [6, 6.07) is 13.3. The van der Waals surface area contributed by atoms with E-state index < -0.39 is 4.92 Å². The van der Waals surface area contributed by atoms with Gasteiger partial charge in [-0.1, -0.05) is 16.8 Å². The van der Waals surface area contributed by atoms with Gasteiger partial charge in [0.1, 0.15) is 6.33 Å². The maximum absolute atomic E-state index is 12.6. The van der Waals surface area contributed by atoms with E-state index in [1.54, 1.807) is 39.9 Å². The molecule has 0 spiro atoms. The molecule has 35 heavy (non-hydrogen) atoms. The van der Waals surface area contributed by atoms with Crippen molar-refractivity contribution in [3.8, 4) is 5.69 Å². The van der Waals surface area contributed by atoms with Gasteiger partial charge in [0.2, 0.25) is 5.91 Å². The summed E-state index contributed by atoms with van der Waals surface area (Å²) in [5.41, 5.74) is 2.69. The SMILES string of the molecule is O=C(/C=C/c1ccc([N+](=O)[O-])cc1)N1CCN(c2ncnc3c2nnn3-c2ccc(Cl)cc2)CC1. The molecule has 2 aromatic carbocycles. The number of nitro groups is 1. The predicted octanol–water partition coefficient (Wildman–Crippen LogP) is 3.13. The Bertz CT molecular complexity index is 1410. The highest BCUT2D eigenvalue weighted by Crippen LogP contribution is 2.24. The molecular weight excluding hydrogens is 472 g/mol. The topological polar surface area (TPSA) is 123 Å². The molecule has 12 heteroatoms. The van der Waals surface area contributed by atoms with Crippen molar-refractivity contribution >= 4 is 46.3 Å². The van der Waals surface area contributed by atoms with E-state index in [1.807, 2.05) is 12.1 Å². The molecule has 1 fully saturated rings. The summed E-state index contributed by atoms with van der Waals surface area (Å²) < 4.78 is 1.64. The maximum Gasteiger partial charge on any atom is 0.269 e. The van der Waals surface area contributed by atoms with Gasteiger partial charge in [0.15, 0.2) is 17.0 Å². The minimum absolute atomic E-state index is 0.0108. The van der Waals surface area contributed by atoms with E-state index in [2.05, 4.69) is 25.2 Å². The number of carbonyl (C=O) groups is 1. The molecule has 0 bridgehead atoms. The van der Waals surface area contributed by atoms with Crippen molar-refractivity contribution in [2.75, 3.05) is 31.1 Å². The summed E-state index contributed by atoms with van der Waals surface area (Å²) in [6.07, 6.45) is 4.62. The molecule has 5 rings (SSSR count). The number of amides is 1. The maximum atomic E-state index is 12.6. The average Bonchev–Trinajstić information content (AvgIpc) is 3.32. The molecular formula is C23H19ClN8O3. The van der Waals surface area contributed by atoms with Crippen LogP contribution >= 0.6 is 11.6 Å². The molecule has 1 aliphatic rings. The van der Waals surface area contributed by atoms with Crippen LogP contribution in [0.2, 0.25) is 5.02 Å². The Morgan fingerprint density at radius 3 is 2.40 bits per heavy atom. The van der Waals surface area contributed by atoms with Crippen LogP contribution in [0.4, 0.5) is 11.5 Å². The minimum atomic E-state index is -0.457. The van der Waals surface area contributed by atoms with E-state index in [1.165, 1.54) is 24.5 Å². The third kappa shape index (κ3) is 4.66. The number of benzene rings is 2. The van der Waals surface area contributed by atoms with Crippen molar-refractivity contribution in [2.45, 2.75) is 0 Å². The van der Waals surface area contributed by atoms with E-state index >= 15 is 0 Å². The molecule has 2 aromatic heterocycles. The van der Waals surface area contributed by atoms with Gasteiger partial charge in [-0.05, 0) is 48.0 Å². The molecule has 1 amide bonds. The minimum Gasteiger partial charge on any atom is -0.351 e. The molecule has 0 unspecified atom stereocenters. The van der Waals surface area contributed by atoms with E-state index in [0.29, 0.717) is 48.2 Å². The highest BCUT2D eigenvalue weighted by atomic mass is 35.5. The number of hydrogen-bond donors (Lipinski definition) is 0. The van der Waals surface area contributed by atoms with Crippen LogP contribution in [0.3, 0.4) is 0 Å². The second kappa shape index (κ2) is 9.47. The first-order valence-corrected chi connectivity index (χ1v) is 11.2. The lowest BCUT2D eigenvalue weighted by Crippen LogP contribution is -2.48. The second-order valence-electron chi connectivity index (χ2n) is 7.84. The van der Waals surface area contributed by atoms with Crippen molar-refractivity contribution in [1.82, 2.24) is 29.9 Å². The summed E-state index contributed by atoms with van der Waals surface area (Å²) >= 11 is 5.99. The van der Waals surface area contributed by atoms with Gasteiger partial charge in [0.05, 0.1) is 10.6 Å². The Hall–Kier alpha value is -4.38. The van der Waals surface area contributed by atoms with Crippen LogP contribution in [-0.4, -0.2) is 66.9 Å². The van der Waals surface area contributed by atoms with Gasteiger partial charge < -0.3 is 9.80 Å². The number of halogens is 1. The van der Waals surface area contributed by atoms with Crippen molar-refractivity contribution in [3.63, 3.8) is 0 Å². The number of nitro benzene ring substituents is 1. The van der Waals surface area contributed by atoms with E-state index in [4.69, 9.17) is 11.6 Å². The van der Waals surface area contributed by atoms with Crippen LogP contribution in [-0.2, 0) is 4.79 Å². The average molecular weight is 491 g/mol. The number of anilines is 1. The van der Waals surface area contributed by atoms with Gasteiger partial charge in [-0.25, -0.2) is 9.97 Å². The van der Waals surface area contributed by atoms with Crippen LogP contribution in [0.1, 0.15) is 5.56 Å². The van der Waals surface area contributed by atoms with E-state index in [-0.39, 0.29) is 11.6 Å². The number of aromatic nitrogens is 5. The van der Waals surface area contributed by atoms with Crippen molar-refractivity contribution < 1.29 is 9.72 Å². The molecule has 1 saturated heterocycles. The molecule has 0 N–H and O–H groups in total. The number of piperazine rings is 1. The zero-order valence-corrected chi connectivity index (χ0v) is 19.1. The number of fused-ring (bicyclic) bond motifs is 1. The summed E-state index contributed by atoms with van der Waals surface area (Å²) in [5.74, 6) is 0.549. The van der Waals surface area contributed by atoms with Gasteiger partial charge in [-0.15, -0.1) is 5.10 Å². The van der Waals surface area contributed by atoms with Gasteiger partial charge >= 0.3 is 0 Å². The monoisotopic (exact) mass is 490 g/mol. The van der Waals surface area contributed by atoms with Crippen LogP contribution in [0.15, 0.2) is 60.9 Å². The second-order valence-corrected chi connectivity index (χ2v) is 8.28. The van der Waals surface area contributed by atoms with Crippen molar-refractivity contribution in [2.24, 2.45) is 0 Å². The lowest BCUT2D eigenvalue weighted by molar-refractivity contribution is -0.384. The Morgan fingerprint density at radius 1 is 1.00 bits per heavy atom. The number of hydrogen-bond acceptors (Lipinski definition) is 8. The molecule has 0 aliphatic carbocycles. The summed E-state index contributed by atoms with van der Waals surface area (Å²) in [5, 5.41) is 19.9. The normalized spacial score (nSPS) is 14.1. The molecule has 3 heterocycles. The number of rotatable bonds is 5. The van der Waals surface area contributed by atoms with Crippen molar-refractivity contribution in [1.29, 1.82) is 0 Å². The fourth-order valence-electron chi connectivity index (χ4n) is 3.84. The lowest BCUT2D eigenvalue weighted by atomic mass is 10.2. The third-order valence-electron chi connectivity index (χ3n) is 5.70. The Kier molecular flexibility index (Phi) is 6.06. The fraction of sp³-hybridized carbons (Fsp3) is 0.174. The van der Waals surface area contributed by atoms with Crippen LogP contribution in [0.25, 0.3) is 22.9 Å². The third-order valence-corrected chi connectivity index (χ3v) is 5.95. The first-order valence-electron chi connectivity index (χ1n) is 10.8. The summed E-state index contributed by atoms with van der Waals surface area (Å²) in [7, 11) is 0. The zero-order valence-electron chi connectivity index (χ0n) is 18.4. The first kappa shape index (κ1) is 22.4. The molecule has 11 nitrogen and oxygen atoms in total. The standard InChI is InChI=1S/C23H19ClN8O3/c24-17-4-8-18(9-5-17)31-23-21(27-28-31)22(25-15-26-23)30-13-11-29(12-14-30)20(33)10-3-16-1-6-19(7-2-16)32(34)35/h1-10,15H,11-14H2/b10-3+. The van der Waals surface area contributed by atoms with Crippen LogP contribution in [0, 0.1) is 10.1 Å². The van der Waals surface area contributed by atoms with Crippen LogP contribution < -0.4 is 4.90 Å². The summed E-state index contributed by atoms with van der Waals surface area (Å²) in [4.78, 5) is 35.6.